The number of rotatable bonds is 12. The highest BCUT2D eigenvalue weighted by molar-refractivity contribution is 8.13. The predicted molar refractivity (Wildman–Crippen MR) is 126 cm³/mol. The minimum Gasteiger partial charge on any atom is -0.493 e. The van der Waals surface area contributed by atoms with Crippen molar-refractivity contribution in [2.75, 3.05) is 25.0 Å². The van der Waals surface area contributed by atoms with Crippen molar-refractivity contribution in [1.82, 2.24) is 5.32 Å². The molecule has 0 radical (unpaired) electrons. The molecule has 2 aromatic rings. The lowest BCUT2D eigenvalue weighted by Crippen LogP contribution is -2.23. The maximum absolute atomic E-state index is 13.1. The number of ether oxygens (including phenoxy) is 1. The zero-order chi connectivity index (χ0) is 21.9. The van der Waals surface area contributed by atoms with E-state index in [4.69, 9.17) is 9.73 Å². The molecule has 0 spiro atoms. The second-order valence-electron chi connectivity index (χ2n) is 7.59. The Balaban J connectivity index is 1.25. The Labute approximate surface area is 187 Å². The highest BCUT2D eigenvalue weighted by atomic mass is 32.2. The molecular formula is C24H31F2N3OS. The summed E-state index contributed by atoms with van der Waals surface area (Å²) in [6, 6.07) is 12.3. The van der Waals surface area contributed by atoms with Crippen molar-refractivity contribution in [3.63, 3.8) is 0 Å². The lowest BCUT2D eigenvalue weighted by atomic mass is 10.1. The number of amidine groups is 1. The van der Waals surface area contributed by atoms with Crippen molar-refractivity contribution >= 4 is 22.6 Å². The summed E-state index contributed by atoms with van der Waals surface area (Å²) in [6.07, 6.45) is 5.01. The third-order valence-corrected chi connectivity index (χ3v) is 6.14. The number of anilines is 1. The second kappa shape index (κ2) is 12.7. The molecule has 1 heterocycles. The van der Waals surface area contributed by atoms with Crippen LogP contribution in [0, 0.1) is 11.6 Å². The summed E-state index contributed by atoms with van der Waals surface area (Å²) in [6.45, 7) is 4.60. The van der Waals surface area contributed by atoms with Gasteiger partial charge in [0.15, 0.2) is 16.8 Å². The highest BCUT2D eigenvalue weighted by Crippen LogP contribution is 2.28. The fourth-order valence-electron chi connectivity index (χ4n) is 3.34. The van der Waals surface area contributed by atoms with E-state index in [1.54, 1.807) is 11.8 Å². The summed E-state index contributed by atoms with van der Waals surface area (Å²) in [4.78, 5) is 4.91. The molecule has 168 valence electrons. The number of fused-ring (bicyclic) bond motifs is 1. The van der Waals surface area contributed by atoms with Crippen LogP contribution < -0.4 is 15.4 Å². The second-order valence-corrected chi connectivity index (χ2v) is 8.55. The summed E-state index contributed by atoms with van der Waals surface area (Å²) < 4.78 is 31.5. The molecular weight excluding hydrogens is 416 g/mol. The van der Waals surface area contributed by atoms with E-state index in [9.17, 15) is 8.78 Å². The first kappa shape index (κ1) is 23.5. The SMILES string of the molecule is CCC(CCNCCCCCOc1ccc(F)c(F)c1)N=C1Nc2ccccc2CS1. The first-order chi connectivity index (χ1) is 15.2. The number of nitrogens with one attached hydrogen (secondary N) is 2. The fraction of sp³-hybridized carbons (Fsp3) is 0.458. The number of hydrogen-bond donors (Lipinski definition) is 2. The molecule has 1 unspecified atom stereocenters. The number of nitrogens with zero attached hydrogens (tertiary/aromatic N) is 1. The van der Waals surface area contributed by atoms with Gasteiger partial charge in [-0.2, -0.15) is 0 Å². The first-order valence-corrected chi connectivity index (χ1v) is 12.0. The molecule has 1 aliphatic rings. The smallest absolute Gasteiger partial charge is 0.162 e. The molecule has 31 heavy (non-hydrogen) atoms. The van der Waals surface area contributed by atoms with Crippen LogP contribution in [0.25, 0.3) is 0 Å². The predicted octanol–water partition coefficient (Wildman–Crippen LogP) is 5.99. The molecule has 0 aliphatic carbocycles. The number of hydrogen-bond acceptors (Lipinski definition) is 4. The lowest BCUT2D eigenvalue weighted by molar-refractivity contribution is 0.302. The van der Waals surface area contributed by atoms with Crippen molar-refractivity contribution in [1.29, 1.82) is 0 Å². The lowest BCUT2D eigenvalue weighted by Gasteiger charge is -2.21. The molecule has 0 aromatic heterocycles. The molecule has 1 aliphatic heterocycles. The van der Waals surface area contributed by atoms with Crippen LogP contribution in [-0.4, -0.2) is 30.9 Å². The van der Waals surface area contributed by atoms with E-state index in [1.807, 2.05) is 0 Å². The van der Waals surface area contributed by atoms with Gasteiger partial charge in [-0.05, 0) is 69.0 Å². The van der Waals surface area contributed by atoms with E-state index < -0.39 is 11.6 Å². The number of para-hydroxylation sites is 1. The number of halogens is 2. The van der Waals surface area contributed by atoms with Crippen LogP contribution in [0.5, 0.6) is 5.75 Å². The molecule has 7 heteroatoms. The maximum Gasteiger partial charge on any atom is 0.162 e. The Hall–Kier alpha value is -2.12. The van der Waals surface area contributed by atoms with Crippen LogP contribution in [0.2, 0.25) is 0 Å². The zero-order valence-corrected chi connectivity index (χ0v) is 18.8. The van der Waals surface area contributed by atoms with Gasteiger partial charge in [0.25, 0.3) is 0 Å². The van der Waals surface area contributed by atoms with Gasteiger partial charge in [-0.25, -0.2) is 8.78 Å². The Morgan fingerprint density at radius 3 is 2.81 bits per heavy atom. The van der Waals surface area contributed by atoms with Gasteiger partial charge in [-0.15, -0.1) is 0 Å². The fourth-order valence-corrected chi connectivity index (χ4v) is 4.29. The van der Waals surface area contributed by atoms with Crippen LogP contribution >= 0.6 is 11.8 Å². The van der Waals surface area contributed by atoms with Gasteiger partial charge in [-0.3, -0.25) is 4.99 Å². The standard InChI is InChI=1S/C24H31F2N3OS/c1-2-19(28-24-29-23-9-5-4-8-18(23)17-31-24)12-14-27-13-6-3-7-15-30-20-10-11-21(25)22(26)16-20/h4-5,8-11,16,19,27H,2-3,6-7,12-15,17H2,1H3,(H,28,29). The molecule has 0 bridgehead atoms. The minimum absolute atomic E-state index is 0.317. The van der Waals surface area contributed by atoms with E-state index in [2.05, 4.69) is 41.8 Å². The third kappa shape index (κ3) is 7.82. The quantitative estimate of drug-likeness (QED) is 0.393. The van der Waals surface area contributed by atoms with Crippen molar-refractivity contribution < 1.29 is 13.5 Å². The van der Waals surface area contributed by atoms with Gasteiger partial charge >= 0.3 is 0 Å². The topological polar surface area (TPSA) is 45.6 Å². The first-order valence-electron chi connectivity index (χ1n) is 11.0. The van der Waals surface area contributed by atoms with Crippen LogP contribution in [0.4, 0.5) is 14.5 Å². The Morgan fingerprint density at radius 2 is 1.97 bits per heavy atom. The summed E-state index contributed by atoms with van der Waals surface area (Å²) in [5.41, 5.74) is 2.50. The molecule has 2 aromatic carbocycles. The largest absolute Gasteiger partial charge is 0.493 e. The third-order valence-electron chi connectivity index (χ3n) is 5.21. The Kier molecular flexibility index (Phi) is 9.62. The summed E-state index contributed by atoms with van der Waals surface area (Å²) in [5.74, 6) is -0.385. The van der Waals surface area contributed by atoms with Gasteiger partial charge in [-0.1, -0.05) is 36.9 Å². The number of aliphatic imine (C=N–C) groups is 1. The average Bonchev–Trinajstić information content (AvgIpc) is 2.79. The normalized spacial score (nSPS) is 15.4. The molecule has 0 saturated carbocycles. The summed E-state index contributed by atoms with van der Waals surface area (Å²) >= 11 is 1.77. The highest BCUT2D eigenvalue weighted by Gasteiger charge is 2.15. The van der Waals surface area contributed by atoms with Crippen LogP contribution in [0.3, 0.4) is 0 Å². The van der Waals surface area contributed by atoms with Crippen LogP contribution in [0.1, 0.15) is 44.6 Å². The minimum atomic E-state index is -0.875. The van der Waals surface area contributed by atoms with E-state index >= 15 is 0 Å². The Bertz CT molecular complexity index is 862. The summed E-state index contributed by atoms with van der Waals surface area (Å²) in [7, 11) is 0. The maximum atomic E-state index is 13.1. The molecule has 0 saturated heterocycles. The van der Waals surface area contributed by atoms with Gasteiger partial charge < -0.3 is 15.4 Å². The number of benzene rings is 2. The van der Waals surface area contributed by atoms with Crippen molar-refractivity contribution in [2.24, 2.45) is 4.99 Å². The van der Waals surface area contributed by atoms with E-state index in [-0.39, 0.29) is 0 Å². The van der Waals surface area contributed by atoms with Crippen molar-refractivity contribution in [3.05, 3.63) is 59.7 Å². The molecule has 0 amide bonds. The molecule has 0 fully saturated rings. The van der Waals surface area contributed by atoms with Crippen LogP contribution in [-0.2, 0) is 5.75 Å². The summed E-state index contributed by atoms with van der Waals surface area (Å²) in [5, 5.41) is 7.97. The van der Waals surface area contributed by atoms with Gasteiger partial charge in [0.05, 0.1) is 12.6 Å². The number of unbranched alkanes of at least 4 members (excludes halogenated alkanes) is 2. The van der Waals surface area contributed by atoms with E-state index in [0.29, 0.717) is 18.4 Å². The average molecular weight is 448 g/mol. The molecule has 4 nitrogen and oxygen atoms in total. The molecule has 2 N–H and O–H groups in total. The van der Waals surface area contributed by atoms with Crippen LogP contribution in [0.15, 0.2) is 47.5 Å². The van der Waals surface area contributed by atoms with Gasteiger partial charge in [0, 0.05) is 17.5 Å². The monoisotopic (exact) mass is 447 g/mol. The van der Waals surface area contributed by atoms with E-state index in [0.717, 1.165) is 68.2 Å². The molecule has 1 atom stereocenters. The van der Waals surface area contributed by atoms with E-state index in [1.165, 1.54) is 17.3 Å². The van der Waals surface area contributed by atoms with Crippen molar-refractivity contribution in [3.8, 4) is 5.75 Å². The molecule has 3 rings (SSSR count). The Morgan fingerprint density at radius 1 is 1.10 bits per heavy atom. The zero-order valence-electron chi connectivity index (χ0n) is 18.0. The van der Waals surface area contributed by atoms with Gasteiger partial charge in [0.2, 0.25) is 0 Å². The van der Waals surface area contributed by atoms with Gasteiger partial charge in [0.1, 0.15) is 5.75 Å². The number of thioether (sulfide) groups is 1. The van der Waals surface area contributed by atoms with Crippen molar-refractivity contribution in [2.45, 2.75) is 50.8 Å².